The van der Waals surface area contributed by atoms with Crippen molar-refractivity contribution < 1.29 is 13.2 Å². The van der Waals surface area contributed by atoms with E-state index in [9.17, 15) is 13.2 Å². The zero-order valence-electron chi connectivity index (χ0n) is 15.4. The average molecular weight is 365 g/mol. The lowest BCUT2D eigenvalue weighted by atomic mass is 9.84. The Morgan fingerprint density at radius 2 is 1.64 bits per heavy atom. The van der Waals surface area contributed by atoms with E-state index in [4.69, 9.17) is 0 Å². The van der Waals surface area contributed by atoms with Gasteiger partial charge in [-0.1, -0.05) is 6.07 Å². The molecule has 0 spiro atoms. The maximum Gasteiger partial charge on any atom is 0.253 e. The second-order valence-corrected chi connectivity index (χ2v) is 9.58. The third-order valence-corrected chi connectivity index (χ3v) is 7.20. The maximum absolute atomic E-state index is 12.8. The first kappa shape index (κ1) is 18.4. The van der Waals surface area contributed by atoms with Gasteiger partial charge in [0.2, 0.25) is 10.0 Å². The molecule has 2 aliphatic rings. The second kappa shape index (κ2) is 7.08. The van der Waals surface area contributed by atoms with Crippen molar-refractivity contribution in [3.8, 4) is 0 Å². The van der Waals surface area contributed by atoms with E-state index in [1.165, 1.54) is 11.8 Å². The zero-order chi connectivity index (χ0) is 18.2. The molecule has 0 bridgehead atoms. The molecule has 2 heterocycles. The summed E-state index contributed by atoms with van der Waals surface area (Å²) < 4.78 is 24.9. The van der Waals surface area contributed by atoms with Gasteiger partial charge in [-0.25, -0.2) is 12.7 Å². The summed E-state index contributed by atoms with van der Waals surface area (Å²) in [7, 11) is -3.07. The van der Waals surface area contributed by atoms with Crippen molar-refractivity contribution in [2.24, 2.45) is 11.8 Å². The molecule has 25 heavy (non-hydrogen) atoms. The molecule has 0 N–H and O–H groups in total. The number of hydrogen-bond acceptors (Lipinski definition) is 3. The minimum atomic E-state index is -3.07. The van der Waals surface area contributed by atoms with Crippen LogP contribution in [0.2, 0.25) is 0 Å². The van der Waals surface area contributed by atoms with Crippen LogP contribution < -0.4 is 0 Å². The van der Waals surface area contributed by atoms with Crippen LogP contribution in [0.3, 0.4) is 0 Å². The van der Waals surface area contributed by atoms with Crippen molar-refractivity contribution in [3.63, 3.8) is 0 Å². The molecular formula is C19H28N2O3S. The van der Waals surface area contributed by atoms with Gasteiger partial charge in [0.25, 0.3) is 5.91 Å². The lowest BCUT2D eigenvalue weighted by Gasteiger charge is -2.33. The molecule has 1 atom stereocenters. The Morgan fingerprint density at radius 3 is 2.24 bits per heavy atom. The van der Waals surface area contributed by atoms with Gasteiger partial charge in [0.15, 0.2) is 0 Å². The average Bonchev–Trinajstić information content (AvgIpc) is 3.06. The number of sulfonamides is 1. The first-order chi connectivity index (χ1) is 11.8. The second-order valence-electron chi connectivity index (χ2n) is 7.60. The van der Waals surface area contributed by atoms with Crippen LogP contribution in [0.1, 0.15) is 40.7 Å². The number of piperidine rings is 1. The van der Waals surface area contributed by atoms with E-state index in [-0.39, 0.29) is 5.91 Å². The number of nitrogens with zero attached hydrogens (tertiary/aromatic N) is 2. The van der Waals surface area contributed by atoms with E-state index in [0.29, 0.717) is 24.9 Å². The fraction of sp³-hybridized carbons (Fsp3) is 0.632. The van der Waals surface area contributed by atoms with Gasteiger partial charge in [0, 0.05) is 31.7 Å². The highest BCUT2D eigenvalue weighted by molar-refractivity contribution is 7.88. The van der Waals surface area contributed by atoms with Gasteiger partial charge in [0.1, 0.15) is 0 Å². The Labute approximate surface area is 151 Å². The van der Waals surface area contributed by atoms with Gasteiger partial charge in [-0.15, -0.1) is 0 Å². The number of hydrogen-bond donors (Lipinski definition) is 0. The number of likely N-dealkylation sites (tertiary alicyclic amines) is 1. The van der Waals surface area contributed by atoms with Crippen molar-refractivity contribution in [3.05, 3.63) is 34.9 Å². The van der Waals surface area contributed by atoms with Crippen molar-refractivity contribution in [1.29, 1.82) is 0 Å². The molecule has 1 aromatic carbocycles. The molecular weight excluding hydrogens is 336 g/mol. The SMILES string of the molecule is Cc1ccc(C(=O)N2CCC(C3CCN(S(C)(=O)=O)CC3)C2)cc1C. The number of rotatable bonds is 3. The summed E-state index contributed by atoms with van der Waals surface area (Å²) in [6.07, 6.45) is 4.12. The summed E-state index contributed by atoms with van der Waals surface area (Å²) >= 11 is 0. The third kappa shape index (κ3) is 4.06. The Balaban J connectivity index is 1.58. The fourth-order valence-electron chi connectivity index (χ4n) is 4.09. The summed E-state index contributed by atoms with van der Waals surface area (Å²) in [5, 5.41) is 0. The van der Waals surface area contributed by atoms with Gasteiger partial charge in [0.05, 0.1) is 6.26 Å². The maximum atomic E-state index is 12.8. The molecule has 1 amide bonds. The summed E-state index contributed by atoms with van der Waals surface area (Å²) in [5.74, 6) is 1.15. The van der Waals surface area contributed by atoms with Crippen molar-refractivity contribution in [1.82, 2.24) is 9.21 Å². The standard InChI is InChI=1S/C19H28N2O3S/c1-14-4-5-17(12-15(14)2)19(22)20-9-6-18(13-20)16-7-10-21(11-8-16)25(3,23)24/h4-5,12,16,18H,6-11,13H2,1-3H3. The van der Waals surface area contributed by atoms with Crippen LogP contribution >= 0.6 is 0 Å². The molecule has 0 aromatic heterocycles. The molecule has 0 saturated carbocycles. The van der Waals surface area contributed by atoms with E-state index in [1.807, 2.05) is 30.0 Å². The smallest absolute Gasteiger partial charge is 0.253 e. The van der Waals surface area contributed by atoms with Crippen LogP contribution in [0, 0.1) is 25.7 Å². The highest BCUT2D eigenvalue weighted by atomic mass is 32.2. The van der Waals surface area contributed by atoms with Crippen molar-refractivity contribution >= 4 is 15.9 Å². The number of aryl methyl sites for hydroxylation is 2. The molecule has 6 heteroatoms. The molecule has 2 fully saturated rings. The molecule has 3 rings (SSSR count). The van der Waals surface area contributed by atoms with Gasteiger partial charge in [-0.2, -0.15) is 0 Å². The highest BCUT2D eigenvalue weighted by Gasteiger charge is 2.35. The van der Waals surface area contributed by atoms with Crippen LogP contribution in [0.5, 0.6) is 0 Å². The van der Waals surface area contributed by atoms with E-state index in [0.717, 1.165) is 43.5 Å². The van der Waals surface area contributed by atoms with E-state index in [1.54, 1.807) is 4.31 Å². The number of amides is 1. The molecule has 138 valence electrons. The van der Waals surface area contributed by atoms with Crippen molar-refractivity contribution in [2.75, 3.05) is 32.4 Å². The Morgan fingerprint density at radius 1 is 1.00 bits per heavy atom. The summed E-state index contributed by atoms with van der Waals surface area (Å²) in [4.78, 5) is 14.7. The number of benzene rings is 1. The molecule has 2 saturated heterocycles. The highest BCUT2D eigenvalue weighted by Crippen LogP contribution is 2.33. The number of carbonyl (C=O) groups excluding carboxylic acids is 1. The predicted octanol–water partition coefficient (Wildman–Crippen LogP) is 2.44. The van der Waals surface area contributed by atoms with Gasteiger partial charge in [-0.05, 0) is 68.2 Å². The third-order valence-electron chi connectivity index (χ3n) is 5.90. The summed E-state index contributed by atoms with van der Waals surface area (Å²) in [6.45, 7) is 6.93. The fourth-order valence-corrected chi connectivity index (χ4v) is 4.97. The quantitative estimate of drug-likeness (QED) is 0.828. The Hall–Kier alpha value is -1.40. The first-order valence-electron chi connectivity index (χ1n) is 9.07. The van der Waals surface area contributed by atoms with Gasteiger partial charge >= 0.3 is 0 Å². The summed E-state index contributed by atoms with van der Waals surface area (Å²) in [5.41, 5.74) is 3.12. The van der Waals surface area contributed by atoms with E-state index in [2.05, 4.69) is 6.92 Å². The Bertz CT molecular complexity index is 752. The minimum Gasteiger partial charge on any atom is -0.338 e. The first-order valence-corrected chi connectivity index (χ1v) is 10.9. The van der Waals surface area contributed by atoms with Gasteiger partial charge < -0.3 is 4.90 Å². The Kier molecular flexibility index (Phi) is 5.21. The monoisotopic (exact) mass is 364 g/mol. The summed E-state index contributed by atoms with van der Waals surface area (Å²) in [6, 6.07) is 5.91. The van der Waals surface area contributed by atoms with E-state index >= 15 is 0 Å². The largest absolute Gasteiger partial charge is 0.338 e. The minimum absolute atomic E-state index is 0.124. The molecule has 5 nitrogen and oxygen atoms in total. The van der Waals surface area contributed by atoms with Crippen LogP contribution in [-0.4, -0.2) is 56.0 Å². The zero-order valence-corrected chi connectivity index (χ0v) is 16.2. The lowest BCUT2D eigenvalue weighted by molar-refractivity contribution is 0.0778. The molecule has 1 aromatic rings. The normalized spacial score (nSPS) is 23.2. The van der Waals surface area contributed by atoms with Gasteiger partial charge in [-0.3, -0.25) is 4.79 Å². The number of carbonyl (C=O) groups is 1. The molecule has 2 aliphatic heterocycles. The topological polar surface area (TPSA) is 57.7 Å². The molecule has 1 unspecified atom stereocenters. The van der Waals surface area contributed by atoms with Crippen LogP contribution in [0.4, 0.5) is 0 Å². The van der Waals surface area contributed by atoms with Crippen molar-refractivity contribution in [2.45, 2.75) is 33.1 Å². The molecule has 0 radical (unpaired) electrons. The van der Waals surface area contributed by atoms with Crippen LogP contribution in [-0.2, 0) is 10.0 Å². The van der Waals surface area contributed by atoms with Crippen LogP contribution in [0.25, 0.3) is 0 Å². The van der Waals surface area contributed by atoms with Crippen LogP contribution in [0.15, 0.2) is 18.2 Å². The predicted molar refractivity (Wildman–Crippen MR) is 99.1 cm³/mol. The molecule has 0 aliphatic carbocycles. The van der Waals surface area contributed by atoms with E-state index < -0.39 is 10.0 Å². The lowest BCUT2D eigenvalue weighted by Crippen LogP contribution is -2.40.